The van der Waals surface area contributed by atoms with E-state index in [1.54, 1.807) is 7.11 Å². The van der Waals surface area contributed by atoms with Gasteiger partial charge in [-0.3, -0.25) is 4.79 Å². The van der Waals surface area contributed by atoms with Gasteiger partial charge in [0.1, 0.15) is 5.75 Å². The summed E-state index contributed by atoms with van der Waals surface area (Å²) >= 11 is 13.6. The highest BCUT2D eigenvalue weighted by Crippen LogP contribution is 2.44. The van der Waals surface area contributed by atoms with Gasteiger partial charge in [0.25, 0.3) is 5.91 Å². The molecule has 142 valence electrons. The molecule has 0 saturated heterocycles. The maximum atomic E-state index is 12.7. The average molecular weight is 514 g/mol. The third-order valence-electron chi connectivity index (χ3n) is 4.62. The molecule has 2 aromatic carbocycles. The molecule has 27 heavy (non-hydrogen) atoms. The normalized spacial score (nSPS) is 15.1. The summed E-state index contributed by atoms with van der Waals surface area (Å²) in [6.45, 7) is 8.31. The lowest BCUT2D eigenvalue weighted by Crippen LogP contribution is -2.13. The van der Waals surface area contributed by atoms with Crippen molar-refractivity contribution in [1.29, 1.82) is 0 Å². The molecular formula is C21H20Br2ClNO2. The second-order valence-corrected chi connectivity index (χ2v) is 9.68. The summed E-state index contributed by atoms with van der Waals surface area (Å²) in [5.41, 5.74) is 5.02. The fraction of sp³-hybridized carbons (Fsp3) is 0.286. The monoisotopic (exact) mass is 511 g/mol. The first-order valence-corrected chi connectivity index (χ1v) is 10.4. The van der Waals surface area contributed by atoms with E-state index in [0.717, 1.165) is 36.9 Å². The molecule has 0 atom stereocenters. The largest absolute Gasteiger partial charge is 0.495 e. The topological polar surface area (TPSA) is 38.3 Å². The van der Waals surface area contributed by atoms with E-state index in [-0.39, 0.29) is 11.3 Å². The molecule has 0 bridgehead atoms. The number of amides is 1. The lowest BCUT2D eigenvalue weighted by Gasteiger charge is -2.23. The SMILES string of the molecule is COc1c(Cl)cc(C=C2C(=O)Nc3c(Br)cc(Br)c(C)c32)cc1C(C)(C)C. The van der Waals surface area contributed by atoms with Crippen molar-refractivity contribution < 1.29 is 9.53 Å². The number of carbonyl (C=O) groups is 1. The van der Waals surface area contributed by atoms with E-state index in [0.29, 0.717) is 16.3 Å². The highest BCUT2D eigenvalue weighted by molar-refractivity contribution is 9.11. The molecule has 1 amide bonds. The van der Waals surface area contributed by atoms with Crippen LogP contribution in [0, 0.1) is 6.92 Å². The first kappa shape index (κ1) is 20.4. The van der Waals surface area contributed by atoms with Gasteiger partial charge in [-0.1, -0.05) is 48.3 Å². The molecule has 1 heterocycles. The molecule has 0 saturated carbocycles. The Morgan fingerprint density at radius 1 is 1.15 bits per heavy atom. The number of rotatable bonds is 2. The van der Waals surface area contributed by atoms with Crippen LogP contribution in [-0.4, -0.2) is 13.0 Å². The Balaban J connectivity index is 2.23. The second-order valence-electron chi connectivity index (χ2n) is 7.56. The Bertz CT molecular complexity index is 991. The fourth-order valence-corrected chi connectivity index (χ4v) is 4.80. The van der Waals surface area contributed by atoms with E-state index in [4.69, 9.17) is 16.3 Å². The molecule has 6 heteroatoms. The summed E-state index contributed by atoms with van der Waals surface area (Å²) in [7, 11) is 1.62. The first-order valence-electron chi connectivity index (χ1n) is 8.44. The van der Waals surface area contributed by atoms with Crippen LogP contribution < -0.4 is 10.1 Å². The van der Waals surface area contributed by atoms with Gasteiger partial charge < -0.3 is 10.1 Å². The minimum atomic E-state index is -0.151. The van der Waals surface area contributed by atoms with Crippen molar-refractivity contribution >= 4 is 66.7 Å². The van der Waals surface area contributed by atoms with Crippen molar-refractivity contribution in [2.24, 2.45) is 0 Å². The molecule has 0 unspecified atom stereocenters. The van der Waals surface area contributed by atoms with E-state index in [2.05, 4.69) is 57.9 Å². The van der Waals surface area contributed by atoms with Gasteiger partial charge in [-0.05, 0) is 63.7 Å². The Morgan fingerprint density at radius 2 is 1.81 bits per heavy atom. The molecule has 0 aliphatic carbocycles. The van der Waals surface area contributed by atoms with Crippen LogP contribution >= 0.6 is 43.5 Å². The smallest absolute Gasteiger partial charge is 0.256 e. The predicted molar refractivity (Wildman–Crippen MR) is 120 cm³/mol. The van der Waals surface area contributed by atoms with E-state index < -0.39 is 0 Å². The number of halogens is 3. The number of nitrogens with one attached hydrogen (secondary N) is 1. The molecule has 1 aliphatic rings. The molecule has 0 radical (unpaired) electrons. The lowest BCUT2D eigenvalue weighted by atomic mass is 9.85. The minimum Gasteiger partial charge on any atom is -0.495 e. The van der Waals surface area contributed by atoms with Crippen LogP contribution in [0.15, 0.2) is 27.1 Å². The quantitative estimate of drug-likeness (QED) is 0.440. The van der Waals surface area contributed by atoms with Crippen molar-refractivity contribution in [3.05, 3.63) is 54.4 Å². The zero-order valence-corrected chi connectivity index (χ0v) is 19.7. The maximum Gasteiger partial charge on any atom is 0.256 e. The number of hydrogen-bond acceptors (Lipinski definition) is 2. The van der Waals surface area contributed by atoms with Crippen LogP contribution in [0.4, 0.5) is 5.69 Å². The van der Waals surface area contributed by atoms with Crippen LogP contribution in [0.1, 0.15) is 43.0 Å². The van der Waals surface area contributed by atoms with Crippen molar-refractivity contribution in [3.63, 3.8) is 0 Å². The molecule has 0 fully saturated rings. The van der Waals surface area contributed by atoms with Gasteiger partial charge >= 0.3 is 0 Å². The number of ether oxygens (including phenoxy) is 1. The van der Waals surface area contributed by atoms with Crippen LogP contribution in [0.5, 0.6) is 5.75 Å². The predicted octanol–water partition coefficient (Wildman–Crippen LogP) is 6.97. The van der Waals surface area contributed by atoms with Gasteiger partial charge in [0.2, 0.25) is 0 Å². The van der Waals surface area contributed by atoms with Gasteiger partial charge in [-0.15, -0.1) is 0 Å². The van der Waals surface area contributed by atoms with E-state index in [1.165, 1.54) is 0 Å². The molecular weight excluding hydrogens is 493 g/mol. The molecule has 3 rings (SSSR count). The zero-order valence-electron chi connectivity index (χ0n) is 15.8. The number of fused-ring (bicyclic) bond motifs is 1. The number of hydrogen-bond donors (Lipinski definition) is 1. The fourth-order valence-electron chi connectivity index (χ4n) is 3.24. The number of methoxy groups -OCH3 is 1. The molecule has 1 aliphatic heterocycles. The van der Waals surface area contributed by atoms with Crippen LogP contribution in [0.25, 0.3) is 11.6 Å². The molecule has 1 N–H and O–H groups in total. The van der Waals surface area contributed by atoms with Crippen molar-refractivity contribution in [2.75, 3.05) is 12.4 Å². The van der Waals surface area contributed by atoms with Gasteiger partial charge in [-0.2, -0.15) is 0 Å². The van der Waals surface area contributed by atoms with Crippen LogP contribution in [-0.2, 0) is 10.2 Å². The summed E-state index contributed by atoms with van der Waals surface area (Å²) in [6.07, 6.45) is 1.88. The number of carbonyl (C=O) groups excluding carboxylic acids is 1. The summed E-state index contributed by atoms with van der Waals surface area (Å²) in [6, 6.07) is 5.81. The van der Waals surface area contributed by atoms with Gasteiger partial charge in [0, 0.05) is 25.6 Å². The van der Waals surface area contributed by atoms with E-state index in [1.807, 2.05) is 31.2 Å². The van der Waals surface area contributed by atoms with Crippen LogP contribution in [0.2, 0.25) is 5.02 Å². The highest BCUT2D eigenvalue weighted by atomic mass is 79.9. The van der Waals surface area contributed by atoms with E-state index >= 15 is 0 Å². The number of benzene rings is 2. The first-order chi connectivity index (χ1) is 12.5. The Morgan fingerprint density at radius 3 is 2.41 bits per heavy atom. The Hall–Kier alpha value is -1.30. The van der Waals surface area contributed by atoms with Crippen molar-refractivity contribution in [1.82, 2.24) is 0 Å². The van der Waals surface area contributed by atoms with Crippen molar-refractivity contribution in [3.8, 4) is 5.75 Å². The maximum absolute atomic E-state index is 12.7. The lowest BCUT2D eigenvalue weighted by molar-refractivity contribution is -0.110. The summed E-state index contributed by atoms with van der Waals surface area (Å²) < 4.78 is 7.30. The number of anilines is 1. The van der Waals surface area contributed by atoms with Gasteiger partial charge in [-0.25, -0.2) is 0 Å². The van der Waals surface area contributed by atoms with Gasteiger partial charge in [0.05, 0.1) is 17.8 Å². The summed E-state index contributed by atoms with van der Waals surface area (Å²) in [5.74, 6) is 0.542. The Labute approximate surface area is 181 Å². The minimum absolute atomic E-state index is 0.129. The van der Waals surface area contributed by atoms with Crippen LogP contribution in [0.3, 0.4) is 0 Å². The molecule has 2 aromatic rings. The standard InChI is InChI=1S/C21H20Br2ClNO2/c1-10-14(22)9-15(23)18-17(10)12(20(26)25-18)6-11-7-13(21(2,3)4)19(27-5)16(24)8-11/h6-9H,1-5H3,(H,25,26). The molecule has 0 aromatic heterocycles. The van der Waals surface area contributed by atoms with Crippen molar-refractivity contribution in [2.45, 2.75) is 33.1 Å². The molecule has 0 spiro atoms. The zero-order chi connectivity index (χ0) is 20.1. The highest BCUT2D eigenvalue weighted by Gasteiger charge is 2.29. The third kappa shape index (κ3) is 3.69. The van der Waals surface area contributed by atoms with Gasteiger partial charge in [0.15, 0.2) is 0 Å². The Kier molecular flexibility index (Phi) is 5.50. The second kappa shape index (κ2) is 7.26. The summed E-state index contributed by atoms with van der Waals surface area (Å²) in [5, 5.41) is 3.48. The van der Waals surface area contributed by atoms with E-state index in [9.17, 15) is 4.79 Å². The molecule has 3 nitrogen and oxygen atoms in total. The average Bonchev–Trinajstić information content (AvgIpc) is 2.89. The third-order valence-corrected chi connectivity index (χ3v) is 6.35. The summed E-state index contributed by atoms with van der Waals surface area (Å²) in [4.78, 5) is 12.7.